The summed E-state index contributed by atoms with van der Waals surface area (Å²) in [6.07, 6.45) is 2.93. The second-order valence-electron chi connectivity index (χ2n) is 6.16. The number of rotatable bonds is 7. The van der Waals surface area contributed by atoms with Gasteiger partial charge in [-0.05, 0) is 41.3 Å². The number of amides is 1. The van der Waals surface area contributed by atoms with E-state index in [4.69, 9.17) is 21.1 Å². The van der Waals surface area contributed by atoms with Crippen LogP contribution in [0, 0.1) is 0 Å². The van der Waals surface area contributed by atoms with Crippen molar-refractivity contribution < 1.29 is 19.1 Å². The molecule has 2 aromatic rings. The third-order valence-electron chi connectivity index (χ3n) is 3.80. The molecule has 0 radical (unpaired) electrons. The molecule has 2 aromatic carbocycles. The lowest BCUT2D eigenvalue weighted by atomic mass is 10.0. The molecule has 0 bridgehead atoms. The SMILES string of the molecule is COc1ccc(Cl)cc1NC(=O)COC(=O)/C=C/c1ccc(C(C)C)cc1. The molecule has 1 N–H and O–H groups in total. The van der Waals surface area contributed by atoms with Crippen molar-refractivity contribution in [2.75, 3.05) is 19.0 Å². The maximum absolute atomic E-state index is 12.0. The Morgan fingerprint density at radius 2 is 1.85 bits per heavy atom. The lowest BCUT2D eigenvalue weighted by molar-refractivity contribution is -0.142. The van der Waals surface area contributed by atoms with Gasteiger partial charge in [-0.3, -0.25) is 4.79 Å². The highest BCUT2D eigenvalue weighted by atomic mass is 35.5. The van der Waals surface area contributed by atoms with Crippen LogP contribution in [-0.2, 0) is 14.3 Å². The molecule has 142 valence electrons. The lowest BCUT2D eigenvalue weighted by Gasteiger charge is -2.10. The summed E-state index contributed by atoms with van der Waals surface area (Å²) in [5, 5.41) is 3.05. The summed E-state index contributed by atoms with van der Waals surface area (Å²) in [4.78, 5) is 23.8. The topological polar surface area (TPSA) is 64.6 Å². The Hall–Kier alpha value is -2.79. The predicted molar refractivity (Wildman–Crippen MR) is 107 cm³/mol. The molecule has 0 heterocycles. The first kappa shape index (κ1) is 20.5. The van der Waals surface area contributed by atoms with Crippen LogP contribution in [0.3, 0.4) is 0 Å². The third-order valence-corrected chi connectivity index (χ3v) is 4.03. The molecule has 0 aliphatic carbocycles. The summed E-state index contributed by atoms with van der Waals surface area (Å²) in [5.41, 5.74) is 2.51. The van der Waals surface area contributed by atoms with E-state index < -0.39 is 18.5 Å². The Morgan fingerprint density at radius 1 is 1.15 bits per heavy atom. The molecule has 0 unspecified atom stereocenters. The lowest BCUT2D eigenvalue weighted by Crippen LogP contribution is -2.20. The number of anilines is 1. The minimum absolute atomic E-state index is 0.409. The molecule has 0 aliphatic heterocycles. The van der Waals surface area contributed by atoms with Crippen molar-refractivity contribution in [3.63, 3.8) is 0 Å². The van der Waals surface area contributed by atoms with E-state index >= 15 is 0 Å². The zero-order valence-electron chi connectivity index (χ0n) is 15.5. The van der Waals surface area contributed by atoms with E-state index in [1.54, 1.807) is 24.3 Å². The third kappa shape index (κ3) is 6.46. The standard InChI is InChI=1S/C21H22ClNO4/c1-14(2)16-7-4-15(5-8-16)6-11-21(25)27-13-20(24)23-18-12-17(22)9-10-19(18)26-3/h4-12,14H,13H2,1-3H3,(H,23,24)/b11-6+. The van der Waals surface area contributed by atoms with Gasteiger partial charge in [0.1, 0.15) is 5.75 Å². The van der Waals surface area contributed by atoms with Crippen molar-refractivity contribution in [1.29, 1.82) is 0 Å². The molecule has 2 rings (SSSR count). The highest BCUT2D eigenvalue weighted by Gasteiger charge is 2.10. The van der Waals surface area contributed by atoms with Crippen molar-refractivity contribution in [2.45, 2.75) is 19.8 Å². The van der Waals surface area contributed by atoms with Crippen LogP contribution in [0.25, 0.3) is 6.08 Å². The van der Waals surface area contributed by atoms with Gasteiger partial charge in [-0.2, -0.15) is 0 Å². The Balaban J connectivity index is 1.86. The highest BCUT2D eigenvalue weighted by Crippen LogP contribution is 2.27. The fourth-order valence-electron chi connectivity index (χ4n) is 2.31. The Bertz CT molecular complexity index is 829. The van der Waals surface area contributed by atoms with Crippen LogP contribution >= 0.6 is 11.6 Å². The molecule has 6 heteroatoms. The first-order valence-electron chi connectivity index (χ1n) is 8.47. The number of benzene rings is 2. The van der Waals surface area contributed by atoms with Gasteiger partial charge in [0.05, 0.1) is 12.8 Å². The van der Waals surface area contributed by atoms with Gasteiger partial charge in [0.2, 0.25) is 0 Å². The zero-order valence-corrected chi connectivity index (χ0v) is 16.2. The summed E-state index contributed by atoms with van der Waals surface area (Å²) in [6.45, 7) is 3.82. The van der Waals surface area contributed by atoms with Gasteiger partial charge in [0.25, 0.3) is 5.91 Å². The van der Waals surface area contributed by atoms with Crippen LogP contribution in [-0.4, -0.2) is 25.6 Å². The molecular formula is C21H22ClNO4. The molecule has 0 aromatic heterocycles. The van der Waals surface area contributed by atoms with Gasteiger partial charge in [0, 0.05) is 11.1 Å². The number of ether oxygens (including phenoxy) is 2. The first-order valence-corrected chi connectivity index (χ1v) is 8.85. The smallest absolute Gasteiger partial charge is 0.331 e. The molecule has 0 saturated carbocycles. The van der Waals surface area contributed by atoms with Crippen molar-refractivity contribution in [3.05, 3.63) is 64.7 Å². The largest absolute Gasteiger partial charge is 0.495 e. The fraction of sp³-hybridized carbons (Fsp3) is 0.238. The van der Waals surface area contributed by atoms with E-state index in [9.17, 15) is 9.59 Å². The Labute approximate surface area is 163 Å². The second-order valence-corrected chi connectivity index (χ2v) is 6.59. The van der Waals surface area contributed by atoms with Gasteiger partial charge >= 0.3 is 5.97 Å². The number of carbonyl (C=O) groups is 2. The first-order chi connectivity index (χ1) is 12.9. The van der Waals surface area contributed by atoms with Gasteiger partial charge in [-0.1, -0.05) is 49.7 Å². The van der Waals surface area contributed by atoms with E-state index in [2.05, 4.69) is 19.2 Å². The highest BCUT2D eigenvalue weighted by molar-refractivity contribution is 6.31. The second kappa shape index (κ2) is 9.78. The molecule has 0 saturated heterocycles. The molecule has 27 heavy (non-hydrogen) atoms. The van der Waals surface area contributed by atoms with Crippen LogP contribution in [0.2, 0.25) is 5.02 Å². The predicted octanol–water partition coefficient (Wildman–Crippen LogP) is 4.67. The van der Waals surface area contributed by atoms with Crippen LogP contribution in [0.4, 0.5) is 5.69 Å². The molecule has 0 aliphatic rings. The van der Waals surface area contributed by atoms with Gasteiger partial charge in [0.15, 0.2) is 6.61 Å². The van der Waals surface area contributed by atoms with Crippen molar-refractivity contribution >= 4 is 35.2 Å². The van der Waals surface area contributed by atoms with E-state index in [1.165, 1.54) is 18.7 Å². The van der Waals surface area contributed by atoms with E-state index in [-0.39, 0.29) is 0 Å². The van der Waals surface area contributed by atoms with Crippen LogP contribution in [0.15, 0.2) is 48.5 Å². The maximum Gasteiger partial charge on any atom is 0.331 e. The van der Waals surface area contributed by atoms with Crippen molar-refractivity contribution in [2.24, 2.45) is 0 Å². The van der Waals surface area contributed by atoms with Crippen molar-refractivity contribution in [1.82, 2.24) is 0 Å². The molecule has 0 atom stereocenters. The average molecular weight is 388 g/mol. The fourth-order valence-corrected chi connectivity index (χ4v) is 2.48. The number of esters is 1. The summed E-state index contributed by atoms with van der Waals surface area (Å²) < 4.78 is 10.1. The molecule has 0 fully saturated rings. The summed E-state index contributed by atoms with van der Waals surface area (Å²) in [7, 11) is 1.48. The Morgan fingerprint density at radius 3 is 2.48 bits per heavy atom. The van der Waals surface area contributed by atoms with E-state index in [1.807, 2.05) is 24.3 Å². The molecule has 5 nitrogen and oxygen atoms in total. The summed E-state index contributed by atoms with van der Waals surface area (Å²) in [5.74, 6) is -0.178. The number of nitrogens with one attached hydrogen (secondary N) is 1. The quantitative estimate of drug-likeness (QED) is 0.554. The van der Waals surface area contributed by atoms with Crippen LogP contribution < -0.4 is 10.1 Å². The van der Waals surface area contributed by atoms with Gasteiger partial charge in [-0.25, -0.2) is 4.79 Å². The number of methoxy groups -OCH3 is 1. The van der Waals surface area contributed by atoms with Crippen LogP contribution in [0.1, 0.15) is 30.9 Å². The minimum Gasteiger partial charge on any atom is -0.495 e. The van der Waals surface area contributed by atoms with Gasteiger partial charge < -0.3 is 14.8 Å². The number of carbonyl (C=O) groups excluding carboxylic acids is 2. The number of hydrogen-bond acceptors (Lipinski definition) is 4. The van der Waals surface area contributed by atoms with Crippen LogP contribution in [0.5, 0.6) is 5.75 Å². The number of hydrogen-bond donors (Lipinski definition) is 1. The van der Waals surface area contributed by atoms with E-state index in [0.717, 1.165) is 5.56 Å². The van der Waals surface area contributed by atoms with Gasteiger partial charge in [-0.15, -0.1) is 0 Å². The molecular weight excluding hydrogens is 366 g/mol. The minimum atomic E-state index is -0.601. The zero-order chi connectivity index (χ0) is 19.8. The monoisotopic (exact) mass is 387 g/mol. The normalized spacial score (nSPS) is 10.9. The summed E-state index contributed by atoms with van der Waals surface area (Å²) >= 11 is 5.91. The average Bonchev–Trinajstić information content (AvgIpc) is 2.65. The Kier molecular flexibility index (Phi) is 7.44. The van der Waals surface area contributed by atoms with E-state index in [0.29, 0.717) is 22.4 Å². The summed E-state index contributed by atoms with van der Waals surface area (Å²) in [6, 6.07) is 12.7. The maximum atomic E-state index is 12.0. The molecule has 0 spiro atoms. The van der Waals surface area contributed by atoms with Crippen molar-refractivity contribution in [3.8, 4) is 5.75 Å². The number of halogens is 1. The molecule has 1 amide bonds.